The first-order valence-electron chi connectivity index (χ1n) is 7.91. The van der Waals surface area contributed by atoms with Gasteiger partial charge in [0, 0.05) is 24.7 Å². The van der Waals surface area contributed by atoms with Crippen LogP contribution < -0.4 is 16.0 Å². The number of hydrogen-bond donors (Lipinski definition) is 3. The van der Waals surface area contributed by atoms with E-state index in [0.717, 1.165) is 12.8 Å². The van der Waals surface area contributed by atoms with E-state index >= 15 is 0 Å². The first-order valence-corrected chi connectivity index (χ1v) is 7.91. The van der Waals surface area contributed by atoms with Crippen LogP contribution in [0.5, 0.6) is 0 Å². The van der Waals surface area contributed by atoms with Crippen molar-refractivity contribution in [1.29, 1.82) is 0 Å². The lowest BCUT2D eigenvalue weighted by Crippen LogP contribution is -2.40. The van der Waals surface area contributed by atoms with E-state index in [-0.39, 0.29) is 18.4 Å². The third-order valence-electron chi connectivity index (χ3n) is 4.44. The number of rotatable bonds is 5. The maximum Gasteiger partial charge on any atom is 0.243 e. The number of nitrogens with zero attached hydrogens (tertiary/aromatic N) is 1. The Morgan fingerprint density at radius 1 is 1.23 bits per heavy atom. The predicted molar refractivity (Wildman–Crippen MR) is 83.2 cm³/mol. The highest BCUT2D eigenvalue weighted by Gasteiger charge is 2.34. The van der Waals surface area contributed by atoms with E-state index in [1.54, 1.807) is 24.5 Å². The van der Waals surface area contributed by atoms with E-state index < -0.39 is 0 Å². The lowest BCUT2D eigenvalue weighted by Gasteiger charge is -2.28. The molecular formula is C16H22N4O2. The van der Waals surface area contributed by atoms with E-state index in [2.05, 4.69) is 20.9 Å². The van der Waals surface area contributed by atoms with Gasteiger partial charge in [-0.2, -0.15) is 0 Å². The van der Waals surface area contributed by atoms with E-state index in [1.807, 2.05) is 0 Å². The van der Waals surface area contributed by atoms with Crippen molar-refractivity contribution in [2.24, 2.45) is 5.92 Å². The largest absolute Gasteiger partial charge is 0.347 e. The van der Waals surface area contributed by atoms with Crippen molar-refractivity contribution in [1.82, 2.24) is 15.6 Å². The van der Waals surface area contributed by atoms with Gasteiger partial charge in [0.25, 0.3) is 0 Å². The van der Waals surface area contributed by atoms with Crippen LogP contribution in [0.3, 0.4) is 0 Å². The van der Waals surface area contributed by atoms with E-state index in [0.29, 0.717) is 30.1 Å². The van der Waals surface area contributed by atoms with Crippen LogP contribution >= 0.6 is 0 Å². The third kappa shape index (κ3) is 4.04. The van der Waals surface area contributed by atoms with Crippen molar-refractivity contribution in [2.75, 3.05) is 11.9 Å². The summed E-state index contributed by atoms with van der Waals surface area (Å²) >= 11 is 0. The molecule has 0 aromatic carbocycles. The Balaban J connectivity index is 1.38. The molecule has 6 heteroatoms. The molecule has 2 saturated heterocycles. The predicted octanol–water partition coefficient (Wildman–Crippen LogP) is 1.06. The highest BCUT2D eigenvalue weighted by Crippen LogP contribution is 2.32. The highest BCUT2D eigenvalue weighted by atomic mass is 16.2. The molecule has 2 aliphatic heterocycles. The molecule has 2 fully saturated rings. The quantitative estimate of drug-likeness (QED) is 0.759. The van der Waals surface area contributed by atoms with Crippen molar-refractivity contribution in [2.45, 2.75) is 44.2 Å². The molecule has 3 heterocycles. The van der Waals surface area contributed by atoms with Gasteiger partial charge in [-0.1, -0.05) is 0 Å². The molecule has 0 radical (unpaired) electrons. The molecule has 2 unspecified atom stereocenters. The number of aromatic nitrogens is 1. The minimum Gasteiger partial charge on any atom is -0.347 e. The molecule has 118 valence electrons. The fraction of sp³-hybridized carbons (Fsp3) is 0.562. The van der Waals surface area contributed by atoms with Gasteiger partial charge in [-0.3, -0.25) is 14.6 Å². The van der Waals surface area contributed by atoms with E-state index in [1.165, 1.54) is 12.8 Å². The molecule has 3 N–H and O–H groups in total. The first-order chi connectivity index (χ1) is 10.7. The van der Waals surface area contributed by atoms with Crippen molar-refractivity contribution in [3.05, 3.63) is 24.5 Å². The van der Waals surface area contributed by atoms with Crippen LogP contribution in [-0.2, 0) is 9.59 Å². The summed E-state index contributed by atoms with van der Waals surface area (Å²) in [7, 11) is 0. The van der Waals surface area contributed by atoms with Gasteiger partial charge in [0.15, 0.2) is 0 Å². The van der Waals surface area contributed by atoms with Crippen LogP contribution in [0.25, 0.3) is 0 Å². The van der Waals surface area contributed by atoms with Gasteiger partial charge in [-0.05, 0) is 43.7 Å². The molecule has 0 saturated carbocycles. The number of carbonyl (C=O) groups is 2. The zero-order chi connectivity index (χ0) is 15.4. The summed E-state index contributed by atoms with van der Waals surface area (Å²) in [4.78, 5) is 27.7. The van der Waals surface area contributed by atoms with Crippen LogP contribution in [0.1, 0.15) is 32.1 Å². The summed E-state index contributed by atoms with van der Waals surface area (Å²) < 4.78 is 0. The summed E-state index contributed by atoms with van der Waals surface area (Å²) in [5, 5.41) is 8.98. The lowest BCUT2D eigenvalue weighted by molar-refractivity contribution is -0.125. The monoisotopic (exact) mass is 302 g/mol. The maximum atomic E-state index is 12.0. The molecule has 22 heavy (non-hydrogen) atoms. The van der Waals surface area contributed by atoms with Crippen LogP contribution in [0.2, 0.25) is 0 Å². The average Bonchev–Trinajstić information content (AvgIpc) is 2.85. The molecule has 3 rings (SSSR count). The van der Waals surface area contributed by atoms with Crippen LogP contribution in [0.15, 0.2) is 24.5 Å². The summed E-state index contributed by atoms with van der Waals surface area (Å²) in [6, 6.07) is 4.69. The Hall–Kier alpha value is -1.95. The van der Waals surface area contributed by atoms with Crippen LogP contribution in [0, 0.1) is 5.92 Å². The van der Waals surface area contributed by atoms with Gasteiger partial charge < -0.3 is 16.0 Å². The minimum atomic E-state index is -0.230. The number of fused-ring (bicyclic) bond motifs is 2. The SMILES string of the molecule is O=C(CC1CC2CCC(C1)N2)NCC(=O)Nc1cccnc1. The van der Waals surface area contributed by atoms with Gasteiger partial charge in [0.2, 0.25) is 11.8 Å². The number of nitrogens with one attached hydrogen (secondary N) is 3. The molecule has 6 nitrogen and oxygen atoms in total. The average molecular weight is 302 g/mol. The molecule has 2 bridgehead atoms. The second kappa shape index (κ2) is 6.87. The van der Waals surface area contributed by atoms with Crippen LogP contribution in [0.4, 0.5) is 5.69 Å². The Morgan fingerprint density at radius 3 is 2.68 bits per heavy atom. The number of pyridine rings is 1. The van der Waals surface area contributed by atoms with Gasteiger partial charge in [-0.25, -0.2) is 0 Å². The highest BCUT2D eigenvalue weighted by molar-refractivity contribution is 5.94. The zero-order valence-corrected chi connectivity index (χ0v) is 12.5. The second-order valence-electron chi connectivity index (χ2n) is 6.25. The van der Waals surface area contributed by atoms with Crippen LogP contribution in [-0.4, -0.2) is 35.4 Å². The van der Waals surface area contributed by atoms with Crippen molar-refractivity contribution >= 4 is 17.5 Å². The zero-order valence-electron chi connectivity index (χ0n) is 12.5. The topological polar surface area (TPSA) is 83.1 Å². The minimum absolute atomic E-state index is 0.00551. The van der Waals surface area contributed by atoms with Crippen molar-refractivity contribution < 1.29 is 9.59 Å². The molecule has 1 aromatic rings. The third-order valence-corrected chi connectivity index (χ3v) is 4.44. The molecular weight excluding hydrogens is 280 g/mol. The number of carbonyl (C=O) groups excluding carboxylic acids is 2. The lowest BCUT2D eigenvalue weighted by atomic mass is 9.89. The Labute approximate surface area is 130 Å². The maximum absolute atomic E-state index is 12.0. The smallest absolute Gasteiger partial charge is 0.243 e. The van der Waals surface area contributed by atoms with Crippen molar-refractivity contribution in [3.63, 3.8) is 0 Å². The fourth-order valence-electron chi connectivity index (χ4n) is 3.50. The standard InChI is InChI=1S/C16H22N4O2/c21-15(8-11-6-12-3-4-13(7-11)19-12)18-10-16(22)20-14-2-1-5-17-9-14/h1-2,5,9,11-13,19H,3-4,6-8,10H2,(H,18,21)(H,20,22). The van der Waals surface area contributed by atoms with Gasteiger partial charge in [0.05, 0.1) is 18.4 Å². The summed E-state index contributed by atoms with van der Waals surface area (Å²) in [6.45, 7) is 0.00551. The Kier molecular flexibility index (Phi) is 4.68. The molecule has 2 aliphatic rings. The van der Waals surface area contributed by atoms with E-state index in [9.17, 15) is 9.59 Å². The second-order valence-corrected chi connectivity index (χ2v) is 6.25. The normalized spacial score (nSPS) is 26.5. The Morgan fingerprint density at radius 2 is 2.00 bits per heavy atom. The number of amides is 2. The molecule has 1 aromatic heterocycles. The van der Waals surface area contributed by atoms with Gasteiger partial charge in [0.1, 0.15) is 0 Å². The molecule has 0 aliphatic carbocycles. The fourth-order valence-corrected chi connectivity index (χ4v) is 3.50. The van der Waals surface area contributed by atoms with E-state index in [4.69, 9.17) is 0 Å². The molecule has 2 atom stereocenters. The number of piperidine rings is 1. The summed E-state index contributed by atoms with van der Waals surface area (Å²) in [5.41, 5.74) is 0.636. The molecule has 0 spiro atoms. The van der Waals surface area contributed by atoms with Gasteiger partial charge in [-0.15, -0.1) is 0 Å². The van der Waals surface area contributed by atoms with Crippen molar-refractivity contribution in [3.8, 4) is 0 Å². The Bertz CT molecular complexity index is 522. The summed E-state index contributed by atoms with van der Waals surface area (Å²) in [5.74, 6) is 0.180. The van der Waals surface area contributed by atoms with Gasteiger partial charge >= 0.3 is 0 Å². The molecule has 2 amide bonds. The number of hydrogen-bond acceptors (Lipinski definition) is 4. The summed E-state index contributed by atoms with van der Waals surface area (Å²) in [6.07, 6.45) is 8.35. The first kappa shape index (κ1) is 15.0. The number of anilines is 1.